The van der Waals surface area contributed by atoms with Gasteiger partial charge in [0.25, 0.3) is 5.91 Å². The van der Waals surface area contributed by atoms with Gasteiger partial charge < -0.3 is 5.32 Å². The number of halogens is 4. The maximum atomic E-state index is 13.6. The molecule has 0 spiro atoms. The Balaban J connectivity index is 1.97. The molecule has 0 saturated heterocycles. The van der Waals surface area contributed by atoms with Gasteiger partial charge in [-0.3, -0.25) is 4.79 Å². The highest BCUT2D eigenvalue weighted by Crippen LogP contribution is 2.43. The van der Waals surface area contributed by atoms with E-state index in [-0.39, 0.29) is 27.6 Å². The summed E-state index contributed by atoms with van der Waals surface area (Å²) in [4.78, 5) is 12.4. The predicted octanol–water partition coefficient (Wildman–Crippen LogP) is 6.06. The molecule has 1 aliphatic rings. The van der Waals surface area contributed by atoms with Crippen LogP contribution in [-0.2, 0) is 9.84 Å². The Morgan fingerprint density at radius 3 is 2.29 bits per heavy atom. The molecule has 2 aromatic carbocycles. The summed E-state index contributed by atoms with van der Waals surface area (Å²) in [6.07, 6.45) is 5.21. The van der Waals surface area contributed by atoms with E-state index >= 15 is 0 Å². The molecule has 4 nitrogen and oxygen atoms in total. The molecule has 1 saturated carbocycles. The molecule has 0 bridgehead atoms. The lowest BCUT2D eigenvalue weighted by molar-refractivity contribution is 0.102. The lowest BCUT2D eigenvalue weighted by Gasteiger charge is -2.36. The minimum atomic E-state index is -3.92. The van der Waals surface area contributed by atoms with Crippen LogP contribution < -0.4 is 5.32 Å². The van der Waals surface area contributed by atoms with Gasteiger partial charge >= 0.3 is 0 Å². The molecular formula is C22H21ClF3NO3S. The molecule has 9 heteroatoms. The molecule has 0 unspecified atom stereocenters. The van der Waals surface area contributed by atoms with Gasteiger partial charge in [-0.1, -0.05) is 36.9 Å². The summed E-state index contributed by atoms with van der Waals surface area (Å²) in [6.45, 7) is 3.69. The van der Waals surface area contributed by atoms with Gasteiger partial charge in [-0.05, 0) is 37.5 Å². The fraction of sp³-hybridized carbons (Fsp3) is 0.318. The fourth-order valence-corrected chi connectivity index (χ4v) is 6.62. The largest absolute Gasteiger partial charge is 0.322 e. The predicted molar refractivity (Wildman–Crippen MR) is 114 cm³/mol. The maximum Gasteiger partial charge on any atom is 0.255 e. The zero-order valence-corrected chi connectivity index (χ0v) is 18.1. The maximum absolute atomic E-state index is 13.6. The summed E-state index contributed by atoms with van der Waals surface area (Å²) in [5.41, 5.74) is -0.381. The van der Waals surface area contributed by atoms with E-state index < -0.39 is 37.9 Å². The monoisotopic (exact) mass is 471 g/mol. The van der Waals surface area contributed by atoms with Gasteiger partial charge in [-0.15, -0.1) is 6.58 Å². The molecule has 2 aromatic rings. The van der Waals surface area contributed by atoms with Crippen LogP contribution in [0.4, 0.5) is 18.9 Å². The Kier molecular flexibility index (Phi) is 6.81. The normalized spacial score (nSPS) is 16.0. The van der Waals surface area contributed by atoms with Crippen molar-refractivity contribution in [3.05, 3.63) is 71.0 Å². The van der Waals surface area contributed by atoms with Crippen molar-refractivity contribution in [1.82, 2.24) is 0 Å². The molecule has 1 N–H and O–H groups in total. The molecular weight excluding hydrogens is 451 g/mol. The van der Waals surface area contributed by atoms with E-state index in [9.17, 15) is 26.4 Å². The highest BCUT2D eigenvalue weighted by molar-refractivity contribution is 7.93. The lowest BCUT2D eigenvalue weighted by Crippen LogP contribution is -2.40. The van der Waals surface area contributed by atoms with Crippen molar-refractivity contribution in [3.63, 3.8) is 0 Å². The highest BCUT2D eigenvalue weighted by atomic mass is 35.5. The zero-order valence-electron chi connectivity index (χ0n) is 16.6. The Bertz CT molecular complexity index is 1110. The van der Waals surface area contributed by atoms with E-state index in [2.05, 4.69) is 11.9 Å². The van der Waals surface area contributed by atoms with Crippen LogP contribution in [0.2, 0.25) is 5.02 Å². The number of anilines is 1. The van der Waals surface area contributed by atoms with E-state index in [4.69, 9.17) is 11.6 Å². The van der Waals surface area contributed by atoms with Gasteiger partial charge in [-0.25, -0.2) is 21.6 Å². The average molecular weight is 472 g/mol. The van der Waals surface area contributed by atoms with Crippen LogP contribution >= 0.6 is 11.6 Å². The molecule has 1 amide bonds. The number of benzene rings is 2. The number of rotatable bonds is 6. The quantitative estimate of drug-likeness (QED) is 0.411. The summed E-state index contributed by atoms with van der Waals surface area (Å²) >= 11 is 6.21. The fourth-order valence-electron chi connectivity index (χ4n) is 3.96. The van der Waals surface area contributed by atoms with Crippen molar-refractivity contribution in [2.75, 3.05) is 5.32 Å². The van der Waals surface area contributed by atoms with E-state index in [0.29, 0.717) is 25.0 Å². The van der Waals surface area contributed by atoms with Crippen molar-refractivity contribution in [2.24, 2.45) is 0 Å². The number of carbonyl (C=O) groups excluding carboxylic acids is 1. The third-order valence-electron chi connectivity index (χ3n) is 5.58. The lowest BCUT2D eigenvalue weighted by atomic mass is 9.86. The molecule has 0 radical (unpaired) electrons. The van der Waals surface area contributed by atoms with Crippen molar-refractivity contribution < 1.29 is 26.4 Å². The van der Waals surface area contributed by atoms with E-state index in [1.54, 1.807) is 6.08 Å². The van der Waals surface area contributed by atoms with Gasteiger partial charge in [0, 0.05) is 23.4 Å². The summed E-state index contributed by atoms with van der Waals surface area (Å²) in [5.74, 6) is -5.39. The molecule has 31 heavy (non-hydrogen) atoms. The Hall–Kier alpha value is -2.32. The molecule has 1 fully saturated rings. The zero-order chi connectivity index (χ0) is 22.8. The number of allylic oxidation sites excluding steroid dienone is 1. The van der Waals surface area contributed by atoms with Crippen molar-refractivity contribution in [2.45, 2.75) is 48.2 Å². The Morgan fingerprint density at radius 1 is 1.10 bits per heavy atom. The molecule has 0 atom stereocenters. The SMILES string of the molecule is C=CCC1(S(=O)(=O)c2cc(C(=O)Nc3cc(F)c(F)c(F)c3)ccc2Cl)CCCCC1. The standard InChI is InChI=1S/C22H21ClF3NO3S/c1-2-8-22(9-4-3-5-10-22)31(29,30)19-11-14(6-7-16(19)23)21(28)27-15-12-17(24)20(26)18(25)13-15/h2,6-7,11-13H,1,3-5,8-10H2,(H,27,28). The van der Waals surface area contributed by atoms with Gasteiger partial charge in [0.2, 0.25) is 0 Å². The second-order valence-electron chi connectivity index (χ2n) is 7.59. The number of hydrogen-bond acceptors (Lipinski definition) is 3. The first kappa shape index (κ1) is 23.3. The summed E-state index contributed by atoms with van der Waals surface area (Å²) in [6, 6.07) is 5.01. The second kappa shape index (κ2) is 9.04. The van der Waals surface area contributed by atoms with Crippen LogP contribution in [0.3, 0.4) is 0 Å². The van der Waals surface area contributed by atoms with Crippen LogP contribution in [0.25, 0.3) is 0 Å². The number of carbonyl (C=O) groups is 1. The molecule has 166 valence electrons. The summed E-state index contributed by atoms with van der Waals surface area (Å²) in [5, 5.41) is 2.22. The number of hydrogen-bond donors (Lipinski definition) is 1. The second-order valence-corrected chi connectivity index (χ2v) is 10.3. The first-order valence-electron chi connectivity index (χ1n) is 9.72. The third-order valence-corrected chi connectivity index (χ3v) is 8.65. The van der Waals surface area contributed by atoms with Gasteiger partial charge in [0.1, 0.15) is 0 Å². The molecule has 1 aliphatic carbocycles. The van der Waals surface area contributed by atoms with Gasteiger partial charge in [-0.2, -0.15) is 0 Å². The highest BCUT2D eigenvalue weighted by Gasteiger charge is 2.45. The topological polar surface area (TPSA) is 63.2 Å². The molecule has 0 heterocycles. The van der Waals surface area contributed by atoms with Crippen LogP contribution in [0, 0.1) is 17.5 Å². The Morgan fingerprint density at radius 2 is 1.71 bits per heavy atom. The van der Waals surface area contributed by atoms with E-state index in [1.807, 2.05) is 0 Å². The minimum absolute atomic E-state index is 0.0237. The van der Waals surface area contributed by atoms with Crippen molar-refractivity contribution in [1.29, 1.82) is 0 Å². The first-order chi connectivity index (χ1) is 14.6. The third kappa shape index (κ3) is 4.50. The summed E-state index contributed by atoms with van der Waals surface area (Å²) < 4.78 is 66.1. The Labute approximate surface area is 184 Å². The van der Waals surface area contributed by atoms with Crippen molar-refractivity contribution >= 4 is 33.0 Å². The molecule has 3 rings (SSSR count). The van der Waals surface area contributed by atoms with Gasteiger partial charge in [0.05, 0.1) is 14.7 Å². The molecule has 0 aliphatic heterocycles. The smallest absolute Gasteiger partial charge is 0.255 e. The van der Waals surface area contributed by atoms with E-state index in [1.165, 1.54) is 12.1 Å². The van der Waals surface area contributed by atoms with Gasteiger partial charge in [0.15, 0.2) is 27.3 Å². The molecule has 0 aromatic heterocycles. The average Bonchev–Trinajstić information content (AvgIpc) is 2.73. The van der Waals surface area contributed by atoms with Crippen LogP contribution in [0.5, 0.6) is 0 Å². The van der Waals surface area contributed by atoms with Crippen LogP contribution in [-0.4, -0.2) is 19.1 Å². The summed E-state index contributed by atoms with van der Waals surface area (Å²) in [7, 11) is -3.92. The van der Waals surface area contributed by atoms with E-state index in [0.717, 1.165) is 25.3 Å². The minimum Gasteiger partial charge on any atom is -0.322 e. The first-order valence-corrected chi connectivity index (χ1v) is 11.6. The number of sulfone groups is 1. The number of amides is 1. The number of nitrogens with one attached hydrogen (secondary N) is 1. The van der Waals surface area contributed by atoms with Crippen LogP contribution in [0.15, 0.2) is 47.9 Å². The van der Waals surface area contributed by atoms with Crippen molar-refractivity contribution in [3.8, 4) is 0 Å². The van der Waals surface area contributed by atoms with Crippen LogP contribution in [0.1, 0.15) is 48.9 Å².